The van der Waals surface area contributed by atoms with E-state index in [9.17, 15) is 8.42 Å². The second kappa shape index (κ2) is 5.60. The van der Waals surface area contributed by atoms with E-state index >= 15 is 0 Å². The first-order valence-electron chi connectivity index (χ1n) is 6.21. The zero-order chi connectivity index (χ0) is 14.2. The molecule has 0 spiro atoms. The average Bonchev–Trinajstić information content (AvgIpc) is 2.29. The Morgan fingerprint density at radius 1 is 1.37 bits per heavy atom. The lowest BCUT2D eigenvalue weighted by Crippen LogP contribution is -2.41. The first-order valence-corrected chi connectivity index (χ1v) is 8.56. The van der Waals surface area contributed by atoms with Crippen LogP contribution in [0.4, 0.5) is 0 Å². The largest absolute Gasteiger partial charge is 0.243 e. The minimum absolute atomic E-state index is 0.114. The van der Waals surface area contributed by atoms with Gasteiger partial charge >= 0.3 is 0 Å². The summed E-state index contributed by atoms with van der Waals surface area (Å²) >= 11 is 11.8. The van der Waals surface area contributed by atoms with Crippen molar-refractivity contribution in [2.24, 2.45) is 0 Å². The Bertz CT molecular complexity index is 583. The normalized spacial score (nSPS) is 16.7. The molecule has 0 radical (unpaired) electrons. The van der Waals surface area contributed by atoms with Gasteiger partial charge in [-0.1, -0.05) is 18.0 Å². The number of alkyl halides is 1. The quantitative estimate of drug-likeness (QED) is 0.795. The number of benzene rings is 1. The highest BCUT2D eigenvalue weighted by atomic mass is 35.5. The highest BCUT2D eigenvalue weighted by Gasteiger charge is 2.33. The van der Waals surface area contributed by atoms with Gasteiger partial charge in [-0.3, -0.25) is 0 Å². The van der Waals surface area contributed by atoms with Gasteiger partial charge in [0.05, 0.1) is 4.90 Å². The topological polar surface area (TPSA) is 37.4 Å². The van der Waals surface area contributed by atoms with Crippen molar-refractivity contribution in [2.75, 3.05) is 7.05 Å². The smallest absolute Gasteiger partial charge is 0.207 e. The third kappa shape index (κ3) is 2.77. The van der Waals surface area contributed by atoms with Crippen molar-refractivity contribution in [3.63, 3.8) is 0 Å². The Morgan fingerprint density at radius 3 is 2.47 bits per heavy atom. The Morgan fingerprint density at radius 2 is 2.00 bits per heavy atom. The second-order valence-electron chi connectivity index (χ2n) is 4.93. The standard InChI is InChI=1S/C13H17Cl2NO2S/c1-9-10(8-14)6-11(15)7-13(9)19(17,18)16(2)12-4-3-5-12/h6-7,12H,3-5,8H2,1-2H3. The molecule has 1 aliphatic rings. The summed E-state index contributed by atoms with van der Waals surface area (Å²) in [7, 11) is -1.86. The maximum Gasteiger partial charge on any atom is 0.243 e. The van der Waals surface area contributed by atoms with Gasteiger partial charge < -0.3 is 0 Å². The molecule has 1 aromatic carbocycles. The highest BCUT2D eigenvalue weighted by Crippen LogP contribution is 2.32. The molecule has 1 aromatic rings. The van der Waals surface area contributed by atoms with Crippen LogP contribution in [-0.4, -0.2) is 25.8 Å². The maximum absolute atomic E-state index is 12.6. The van der Waals surface area contributed by atoms with Crippen molar-refractivity contribution >= 4 is 33.2 Å². The third-order valence-electron chi connectivity index (χ3n) is 3.82. The lowest BCUT2D eigenvalue weighted by atomic mass is 9.94. The monoisotopic (exact) mass is 321 g/mol. The van der Waals surface area contributed by atoms with Crippen molar-refractivity contribution in [1.82, 2.24) is 4.31 Å². The summed E-state index contributed by atoms with van der Waals surface area (Å²) in [6.45, 7) is 1.77. The van der Waals surface area contributed by atoms with Crippen molar-refractivity contribution in [3.05, 3.63) is 28.3 Å². The predicted octanol–water partition coefficient (Wildman–Crippen LogP) is 3.56. The van der Waals surface area contributed by atoms with Crippen LogP contribution >= 0.6 is 23.2 Å². The van der Waals surface area contributed by atoms with Gasteiger partial charge in [-0.2, -0.15) is 4.31 Å². The van der Waals surface area contributed by atoms with Crippen LogP contribution in [0.25, 0.3) is 0 Å². The number of hydrogen-bond acceptors (Lipinski definition) is 2. The molecule has 0 unspecified atom stereocenters. The number of rotatable bonds is 4. The highest BCUT2D eigenvalue weighted by molar-refractivity contribution is 7.89. The van der Waals surface area contributed by atoms with Crippen LogP contribution in [0.15, 0.2) is 17.0 Å². The first-order chi connectivity index (χ1) is 8.87. The molecule has 0 heterocycles. The van der Waals surface area contributed by atoms with Gasteiger partial charge in [0.1, 0.15) is 0 Å². The van der Waals surface area contributed by atoms with E-state index in [2.05, 4.69) is 0 Å². The van der Waals surface area contributed by atoms with Crippen LogP contribution in [0.5, 0.6) is 0 Å². The molecular formula is C13H17Cl2NO2S. The molecule has 1 aliphatic carbocycles. The van der Waals surface area contributed by atoms with Gasteiger partial charge in [-0.15, -0.1) is 11.6 Å². The lowest BCUT2D eigenvalue weighted by molar-refractivity contribution is 0.249. The summed E-state index contributed by atoms with van der Waals surface area (Å²) in [6.07, 6.45) is 2.95. The van der Waals surface area contributed by atoms with Crippen LogP contribution in [-0.2, 0) is 15.9 Å². The van der Waals surface area contributed by atoms with Gasteiger partial charge in [0.25, 0.3) is 0 Å². The number of hydrogen-bond donors (Lipinski definition) is 0. The van der Waals surface area contributed by atoms with E-state index in [1.54, 1.807) is 20.0 Å². The zero-order valence-electron chi connectivity index (χ0n) is 11.0. The van der Waals surface area contributed by atoms with Gasteiger partial charge in [0.2, 0.25) is 10.0 Å². The molecule has 0 aromatic heterocycles. The fourth-order valence-electron chi connectivity index (χ4n) is 2.22. The van der Waals surface area contributed by atoms with E-state index in [1.807, 2.05) is 0 Å². The van der Waals surface area contributed by atoms with Gasteiger partial charge in [-0.05, 0) is 43.0 Å². The Balaban J connectivity index is 2.47. The van der Waals surface area contributed by atoms with Crippen LogP contribution in [0.2, 0.25) is 5.02 Å². The molecular weight excluding hydrogens is 305 g/mol. The van der Waals surface area contributed by atoms with Gasteiger partial charge in [0.15, 0.2) is 0 Å². The van der Waals surface area contributed by atoms with Gasteiger partial charge in [0, 0.05) is 24.0 Å². The molecule has 0 bridgehead atoms. The molecule has 0 amide bonds. The average molecular weight is 322 g/mol. The zero-order valence-corrected chi connectivity index (χ0v) is 13.3. The Kier molecular flexibility index (Phi) is 4.45. The second-order valence-corrected chi connectivity index (χ2v) is 7.60. The van der Waals surface area contributed by atoms with Crippen molar-refractivity contribution in [3.8, 4) is 0 Å². The number of sulfonamides is 1. The van der Waals surface area contributed by atoms with Gasteiger partial charge in [-0.25, -0.2) is 8.42 Å². The lowest BCUT2D eigenvalue weighted by Gasteiger charge is -2.34. The van der Waals surface area contributed by atoms with Crippen LogP contribution in [0, 0.1) is 6.92 Å². The van der Waals surface area contributed by atoms with Crippen molar-refractivity contribution < 1.29 is 8.42 Å². The Hall–Kier alpha value is -0.290. The molecule has 3 nitrogen and oxygen atoms in total. The van der Waals surface area contributed by atoms with E-state index in [0.29, 0.717) is 10.6 Å². The molecule has 1 saturated carbocycles. The van der Waals surface area contributed by atoms with Crippen LogP contribution in [0.1, 0.15) is 30.4 Å². The summed E-state index contributed by atoms with van der Waals surface area (Å²) in [5.41, 5.74) is 1.44. The fourth-order valence-corrected chi connectivity index (χ4v) is 4.51. The number of halogens is 2. The molecule has 2 rings (SSSR count). The molecule has 106 valence electrons. The minimum atomic E-state index is -3.49. The van der Waals surface area contributed by atoms with E-state index in [-0.39, 0.29) is 16.8 Å². The Labute approximate surface area is 124 Å². The third-order valence-corrected chi connectivity index (χ3v) is 6.36. The summed E-state index contributed by atoms with van der Waals surface area (Å²) in [6, 6.07) is 3.34. The fraction of sp³-hybridized carbons (Fsp3) is 0.538. The molecule has 0 saturated heterocycles. The molecule has 19 heavy (non-hydrogen) atoms. The molecule has 0 atom stereocenters. The van der Waals surface area contributed by atoms with E-state index < -0.39 is 10.0 Å². The van der Waals surface area contributed by atoms with E-state index in [4.69, 9.17) is 23.2 Å². The molecule has 1 fully saturated rings. The molecule has 0 aliphatic heterocycles. The summed E-state index contributed by atoms with van der Waals surface area (Å²) in [4.78, 5) is 0.269. The summed E-state index contributed by atoms with van der Waals surface area (Å²) in [5.74, 6) is 0.252. The van der Waals surface area contributed by atoms with Crippen molar-refractivity contribution in [2.45, 2.75) is 43.0 Å². The van der Waals surface area contributed by atoms with E-state index in [1.165, 1.54) is 10.4 Å². The van der Waals surface area contributed by atoms with Crippen LogP contribution in [0.3, 0.4) is 0 Å². The predicted molar refractivity (Wildman–Crippen MR) is 78.3 cm³/mol. The number of nitrogens with zero attached hydrogens (tertiary/aromatic N) is 1. The van der Waals surface area contributed by atoms with Crippen LogP contribution < -0.4 is 0 Å². The summed E-state index contributed by atoms with van der Waals surface area (Å²) in [5, 5.41) is 0.404. The first kappa shape index (κ1) is 15.1. The van der Waals surface area contributed by atoms with E-state index in [0.717, 1.165) is 24.8 Å². The SMILES string of the molecule is Cc1c(CCl)cc(Cl)cc1S(=O)(=O)N(C)C1CCC1. The molecule has 0 N–H and O–H groups in total. The van der Waals surface area contributed by atoms with Crippen molar-refractivity contribution in [1.29, 1.82) is 0 Å². The molecule has 6 heteroatoms. The summed E-state index contributed by atoms with van der Waals surface area (Å²) < 4.78 is 26.7. The minimum Gasteiger partial charge on any atom is -0.207 e. The maximum atomic E-state index is 12.6.